The summed E-state index contributed by atoms with van der Waals surface area (Å²) in [5.41, 5.74) is 0.401. The van der Waals surface area contributed by atoms with Crippen LogP contribution in [0.2, 0.25) is 0 Å². The number of aromatic amines is 1. The van der Waals surface area contributed by atoms with Crippen LogP contribution in [0.3, 0.4) is 0 Å². The Kier molecular flexibility index (Phi) is 5.13. The van der Waals surface area contributed by atoms with Gasteiger partial charge in [0, 0.05) is 37.9 Å². The van der Waals surface area contributed by atoms with E-state index in [1.807, 2.05) is 18.2 Å². The number of carboxylic acids is 1. The van der Waals surface area contributed by atoms with E-state index < -0.39 is 17.1 Å². The lowest BCUT2D eigenvalue weighted by Gasteiger charge is -2.32. The number of piperidine rings is 1. The molecule has 4 rings (SSSR count). The Hall–Kier alpha value is -3.46. The molecule has 1 aromatic carbocycles. The van der Waals surface area contributed by atoms with Gasteiger partial charge in [-0.25, -0.2) is 4.79 Å². The van der Waals surface area contributed by atoms with Crippen molar-refractivity contribution in [2.75, 3.05) is 13.1 Å². The zero-order valence-electron chi connectivity index (χ0n) is 15.7. The molecule has 9 nitrogen and oxygen atoms in total. The van der Waals surface area contributed by atoms with E-state index in [0.29, 0.717) is 0 Å². The van der Waals surface area contributed by atoms with Crippen molar-refractivity contribution in [3.8, 4) is 0 Å². The first-order valence-electron chi connectivity index (χ1n) is 9.43. The number of aromatic nitrogens is 3. The highest BCUT2D eigenvalue weighted by atomic mass is 16.4. The van der Waals surface area contributed by atoms with Crippen LogP contribution in [-0.2, 0) is 6.54 Å². The molecule has 1 aliphatic rings. The molecule has 0 spiro atoms. The molecule has 0 atom stereocenters. The summed E-state index contributed by atoms with van der Waals surface area (Å²) in [6.07, 6.45) is 2.76. The van der Waals surface area contributed by atoms with Gasteiger partial charge in [-0.15, -0.1) is 0 Å². The van der Waals surface area contributed by atoms with Crippen molar-refractivity contribution in [3.63, 3.8) is 0 Å². The molecule has 0 radical (unpaired) electrons. The van der Waals surface area contributed by atoms with Crippen LogP contribution >= 0.6 is 0 Å². The second-order valence-electron chi connectivity index (χ2n) is 7.15. The summed E-state index contributed by atoms with van der Waals surface area (Å²) in [7, 11) is 0. The number of hydrogen-bond acceptors (Lipinski definition) is 5. The van der Waals surface area contributed by atoms with E-state index in [0.717, 1.165) is 43.2 Å². The molecule has 1 fully saturated rings. The predicted molar refractivity (Wildman–Crippen MR) is 105 cm³/mol. The number of rotatable bonds is 5. The first-order valence-corrected chi connectivity index (χ1v) is 9.43. The summed E-state index contributed by atoms with van der Waals surface area (Å²) in [6.45, 7) is 2.65. The summed E-state index contributed by atoms with van der Waals surface area (Å²) in [6, 6.07) is 11.7. The zero-order chi connectivity index (χ0) is 20.4. The molecule has 0 bridgehead atoms. The van der Waals surface area contributed by atoms with Crippen LogP contribution in [0, 0.1) is 0 Å². The molecule has 1 saturated heterocycles. The van der Waals surface area contributed by atoms with Crippen molar-refractivity contribution in [2.45, 2.75) is 25.4 Å². The fraction of sp³-hybridized carbons (Fsp3) is 0.300. The zero-order valence-corrected chi connectivity index (χ0v) is 15.7. The van der Waals surface area contributed by atoms with Gasteiger partial charge in [0.2, 0.25) is 0 Å². The van der Waals surface area contributed by atoms with E-state index in [1.165, 1.54) is 11.6 Å². The van der Waals surface area contributed by atoms with Gasteiger partial charge in [-0.3, -0.25) is 14.5 Å². The van der Waals surface area contributed by atoms with E-state index in [2.05, 4.69) is 32.4 Å². The Labute approximate surface area is 166 Å². The number of carbonyl (C=O) groups excluding carboxylic acids is 1. The van der Waals surface area contributed by atoms with Gasteiger partial charge in [-0.2, -0.15) is 9.61 Å². The Bertz CT molecular complexity index is 1100. The maximum atomic E-state index is 12.6. The van der Waals surface area contributed by atoms with Crippen molar-refractivity contribution in [2.24, 2.45) is 0 Å². The molecule has 1 amide bonds. The fourth-order valence-electron chi connectivity index (χ4n) is 3.56. The highest BCUT2D eigenvalue weighted by Gasteiger charge is 2.23. The SMILES string of the molecule is O=C(NC1CCN(Cc2ccccc2)CC1)c1cc2[nH]cc(C(=O)O)c(=O)n2n1. The lowest BCUT2D eigenvalue weighted by molar-refractivity contribution is 0.0694. The normalized spacial score (nSPS) is 15.4. The van der Waals surface area contributed by atoms with Crippen LogP contribution in [-0.4, -0.2) is 55.6 Å². The number of carboxylic acid groups (broad SMARTS) is 1. The van der Waals surface area contributed by atoms with Gasteiger partial charge in [0.1, 0.15) is 11.2 Å². The molecular weight excluding hydrogens is 374 g/mol. The number of fused-ring (bicyclic) bond motifs is 1. The van der Waals surface area contributed by atoms with Crippen LogP contribution in [0.15, 0.2) is 47.4 Å². The van der Waals surface area contributed by atoms with Crippen LogP contribution < -0.4 is 10.9 Å². The molecule has 1 aliphatic heterocycles. The molecule has 29 heavy (non-hydrogen) atoms. The van der Waals surface area contributed by atoms with E-state index in [1.54, 1.807) is 0 Å². The Morgan fingerprint density at radius 3 is 2.62 bits per heavy atom. The predicted octanol–water partition coefficient (Wildman–Crippen LogP) is 1.12. The highest BCUT2D eigenvalue weighted by molar-refractivity contribution is 5.93. The summed E-state index contributed by atoms with van der Waals surface area (Å²) < 4.78 is 0.904. The topological polar surface area (TPSA) is 120 Å². The van der Waals surface area contributed by atoms with Gasteiger partial charge in [0.25, 0.3) is 11.5 Å². The number of aromatic carboxylic acids is 1. The van der Waals surface area contributed by atoms with Crippen molar-refractivity contribution in [1.29, 1.82) is 0 Å². The molecule has 0 saturated carbocycles. The minimum absolute atomic E-state index is 0.0321. The first kappa shape index (κ1) is 18.9. The maximum absolute atomic E-state index is 12.6. The number of nitrogens with zero attached hydrogens (tertiary/aromatic N) is 3. The summed E-state index contributed by atoms with van der Waals surface area (Å²) in [5.74, 6) is -1.73. The standard InChI is InChI=1S/C20H21N5O4/c26-18(16-10-17-21-11-15(20(28)29)19(27)25(17)23-16)22-14-6-8-24(9-7-14)12-13-4-2-1-3-5-13/h1-5,10-11,14,21H,6-9,12H2,(H,22,26)(H,28,29). The molecular formula is C20H21N5O4. The molecule has 3 N–H and O–H groups in total. The second kappa shape index (κ2) is 7.88. The lowest BCUT2D eigenvalue weighted by atomic mass is 10.0. The number of hydrogen-bond donors (Lipinski definition) is 3. The molecule has 3 heterocycles. The average Bonchev–Trinajstić information content (AvgIpc) is 3.16. The van der Waals surface area contributed by atoms with Crippen LogP contribution in [0.4, 0.5) is 0 Å². The van der Waals surface area contributed by atoms with Gasteiger partial charge >= 0.3 is 5.97 Å². The first-order chi connectivity index (χ1) is 14.0. The van der Waals surface area contributed by atoms with E-state index >= 15 is 0 Å². The minimum atomic E-state index is -1.35. The van der Waals surface area contributed by atoms with E-state index in [4.69, 9.17) is 5.11 Å². The smallest absolute Gasteiger partial charge is 0.342 e. The summed E-state index contributed by atoms with van der Waals surface area (Å²) in [5, 5.41) is 16.0. The molecule has 0 aliphatic carbocycles. The van der Waals surface area contributed by atoms with Crippen LogP contribution in [0.1, 0.15) is 39.3 Å². The van der Waals surface area contributed by atoms with Crippen molar-refractivity contribution in [1.82, 2.24) is 24.8 Å². The van der Waals surface area contributed by atoms with E-state index in [-0.39, 0.29) is 23.3 Å². The third-order valence-electron chi connectivity index (χ3n) is 5.13. The van der Waals surface area contributed by atoms with Crippen molar-refractivity contribution in [3.05, 3.63) is 69.8 Å². The Balaban J connectivity index is 1.38. The number of benzene rings is 1. The molecule has 150 valence electrons. The number of nitrogens with one attached hydrogen (secondary N) is 2. The minimum Gasteiger partial charge on any atom is -0.477 e. The van der Waals surface area contributed by atoms with Gasteiger partial charge in [0.15, 0.2) is 5.69 Å². The molecule has 2 aromatic heterocycles. The maximum Gasteiger partial charge on any atom is 0.342 e. The van der Waals surface area contributed by atoms with Gasteiger partial charge in [-0.1, -0.05) is 30.3 Å². The number of likely N-dealkylation sites (tertiary alicyclic amines) is 1. The van der Waals surface area contributed by atoms with Crippen LogP contribution in [0.25, 0.3) is 5.65 Å². The average molecular weight is 395 g/mol. The van der Waals surface area contributed by atoms with Crippen molar-refractivity contribution < 1.29 is 14.7 Å². The number of amides is 1. The van der Waals surface area contributed by atoms with Gasteiger partial charge < -0.3 is 15.4 Å². The van der Waals surface area contributed by atoms with E-state index in [9.17, 15) is 14.4 Å². The second-order valence-corrected chi connectivity index (χ2v) is 7.15. The van der Waals surface area contributed by atoms with Gasteiger partial charge in [-0.05, 0) is 18.4 Å². The molecule has 9 heteroatoms. The quantitative estimate of drug-likeness (QED) is 0.595. The summed E-state index contributed by atoms with van der Waals surface area (Å²) in [4.78, 5) is 40.8. The van der Waals surface area contributed by atoms with Gasteiger partial charge in [0.05, 0.1) is 0 Å². The van der Waals surface area contributed by atoms with Crippen LogP contribution in [0.5, 0.6) is 0 Å². The Morgan fingerprint density at radius 2 is 1.93 bits per heavy atom. The number of H-pyrrole nitrogens is 1. The highest BCUT2D eigenvalue weighted by Crippen LogP contribution is 2.14. The largest absolute Gasteiger partial charge is 0.477 e. The third kappa shape index (κ3) is 4.04. The molecule has 0 unspecified atom stereocenters. The monoisotopic (exact) mass is 395 g/mol. The third-order valence-corrected chi connectivity index (χ3v) is 5.13. The lowest BCUT2D eigenvalue weighted by Crippen LogP contribution is -2.44. The summed E-state index contributed by atoms with van der Waals surface area (Å²) >= 11 is 0. The molecule has 3 aromatic rings. The fourth-order valence-corrected chi connectivity index (χ4v) is 3.56. The van der Waals surface area contributed by atoms with Crippen molar-refractivity contribution >= 4 is 17.5 Å². The number of carbonyl (C=O) groups is 2. The Morgan fingerprint density at radius 1 is 1.21 bits per heavy atom.